The Morgan fingerprint density at radius 3 is 2.81 bits per heavy atom. The molecule has 0 saturated carbocycles. The number of ether oxygens (including phenoxy) is 1. The molecular weight excluding hydrogens is 423 g/mol. The van der Waals surface area contributed by atoms with E-state index in [0.29, 0.717) is 35.4 Å². The van der Waals surface area contributed by atoms with Crippen LogP contribution in [-0.4, -0.2) is 45.5 Å². The number of hydrogen-bond acceptors (Lipinski definition) is 6. The van der Waals surface area contributed by atoms with Crippen molar-refractivity contribution in [3.63, 3.8) is 0 Å². The van der Waals surface area contributed by atoms with E-state index in [1.165, 1.54) is 35.0 Å². The molecule has 1 aromatic carbocycles. The molecule has 7 nitrogen and oxygen atoms in total. The molecule has 1 saturated heterocycles. The number of nitrogens with zero attached hydrogens (tertiary/aromatic N) is 3. The molecule has 31 heavy (non-hydrogen) atoms. The lowest BCUT2D eigenvalue weighted by molar-refractivity contribution is 0.0903. The van der Waals surface area contributed by atoms with Crippen molar-refractivity contribution in [3.8, 4) is 11.3 Å². The average Bonchev–Trinajstić information content (AvgIpc) is 2.78. The maximum absolute atomic E-state index is 14.3. The van der Waals surface area contributed by atoms with Crippen molar-refractivity contribution < 1.29 is 14.2 Å². The molecule has 1 fully saturated rings. The fourth-order valence-electron chi connectivity index (χ4n) is 3.63. The molecule has 0 amide bonds. The number of aliphatic hydroxyl groups is 1. The number of rotatable bonds is 6. The summed E-state index contributed by atoms with van der Waals surface area (Å²) >= 11 is 5.97. The Bertz CT molecular complexity index is 1120. The van der Waals surface area contributed by atoms with Crippen molar-refractivity contribution in [2.45, 2.75) is 24.9 Å². The van der Waals surface area contributed by atoms with Crippen molar-refractivity contribution in [2.24, 2.45) is 0 Å². The van der Waals surface area contributed by atoms with Gasteiger partial charge in [0, 0.05) is 53.9 Å². The summed E-state index contributed by atoms with van der Waals surface area (Å²) < 4.78 is 20.9. The van der Waals surface area contributed by atoms with Crippen LogP contribution in [0, 0.1) is 5.82 Å². The van der Waals surface area contributed by atoms with Crippen LogP contribution in [0.25, 0.3) is 11.3 Å². The lowest BCUT2D eigenvalue weighted by atomic mass is 10.1. The van der Waals surface area contributed by atoms with Gasteiger partial charge in [0.2, 0.25) is 5.95 Å². The summed E-state index contributed by atoms with van der Waals surface area (Å²) in [4.78, 5) is 21.6. The van der Waals surface area contributed by atoms with Crippen LogP contribution in [0.2, 0.25) is 5.02 Å². The van der Waals surface area contributed by atoms with Crippen molar-refractivity contribution in [3.05, 3.63) is 75.5 Å². The number of pyridine rings is 1. The molecule has 0 spiro atoms. The fourth-order valence-corrected chi connectivity index (χ4v) is 3.81. The van der Waals surface area contributed by atoms with Crippen molar-refractivity contribution >= 4 is 17.5 Å². The molecule has 3 heterocycles. The second-order valence-corrected chi connectivity index (χ2v) is 7.76. The second-order valence-electron chi connectivity index (χ2n) is 7.32. The number of anilines is 1. The molecule has 1 aliphatic rings. The fraction of sp³-hybridized carbons (Fsp3) is 0.318. The van der Waals surface area contributed by atoms with Gasteiger partial charge in [-0.3, -0.25) is 4.79 Å². The topological polar surface area (TPSA) is 89.3 Å². The maximum Gasteiger partial charge on any atom is 0.251 e. The van der Waals surface area contributed by atoms with Crippen molar-refractivity contribution in [1.82, 2.24) is 14.5 Å². The minimum Gasteiger partial charge on any atom is -0.394 e. The Labute approximate surface area is 183 Å². The van der Waals surface area contributed by atoms with Gasteiger partial charge in [-0.15, -0.1) is 0 Å². The number of aromatic nitrogens is 3. The molecule has 1 unspecified atom stereocenters. The van der Waals surface area contributed by atoms with Crippen LogP contribution in [0.4, 0.5) is 10.3 Å². The predicted octanol–water partition coefficient (Wildman–Crippen LogP) is 3.27. The van der Waals surface area contributed by atoms with Gasteiger partial charge < -0.3 is 19.7 Å². The number of benzene rings is 1. The highest BCUT2D eigenvalue weighted by Gasteiger charge is 2.19. The minimum atomic E-state index is -0.892. The van der Waals surface area contributed by atoms with Crippen molar-refractivity contribution in [2.75, 3.05) is 25.1 Å². The van der Waals surface area contributed by atoms with Gasteiger partial charge >= 0.3 is 0 Å². The summed E-state index contributed by atoms with van der Waals surface area (Å²) in [6, 6.07) is 8.23. The zero-order valence-corrected chi connectivity index (χ0v) is 17.4. The summed E-state index contributed by atoms with van der Waals surface area (Å²) in [7, 11) is 0. The molecule has 3 aromatic rings. The van der Waals surface area contributed by atoms with Crippen molar-refractivity contribution in [1.29, 1.82) is 0 Å². The zero-order chi connectivity index (χ0) is 21.8. The smallest absolute Gasteiger partial charge is 0.251 e. The Morgan fingerprint density at radius 2 is 2.06 bits per heavy atom. The molecule has 0 aliphatic carbocycles. The van der Waals surface area contributed by atoms with Crippen LogP contribution in [0.1, 0.15) is 24.4 Å². The van der Waals surface area contributed by atoms with Gasteiger partial charge in [-0.05, 0) is 43.2 Å². The molecule has 2 aromatic heterocycles. The summed E-state index contributed by atoms with van der Waals surface area (Å²) in [5.74, 6) is -0.0538. The molecule has 0 radical (unpaired) electrons. The quantitative estimate of drug-likeness (QED) is 0.606. The van der Waals surface area contributed by atoms with Gasteiger partial charge in [-0.1, -0.05) is 11.6 Å². The van der Waals surface area contributed by atoms with Crippen LogP contribution in [0.3, 0.4) is 0 Å². The first-order valence-electron chi connectivity index (χ1n) is 10.0. The third-order valence-corrected chi connectivity index (χ3v) is 5.51. The Balaban J connectivity index is 1.60. The highest BCUT2D eigenvalue weighted by molar-refractivity contribution is 6.30. The standard InChI is InChI=1S/C22H22ClFN4O3/c23-15-1-2-18(24)17(12-15)20(13-29)28-8-4-14(11-21(28)30)19-3-7-25-22(27-19)26-16-5-9-31-10-6-16/h1-4,7-8,11-12,16,20,29H,5-6,9-10,13H2,(H,25,26,27). The van der Waals surface area contributed by atoms with Gasteiger partial charge in [-0.25, -0.2) is 14.4 Å². The lowest BCUT2D eigenvalue weighted by Crippen LogP contribution is -2.28. The Kier molecular flexibility index (Phi) is 6.60. The first-order chi connectivity index (χ1) is 15.0. The molecule has 162 valence electrons. The first kappa shape index (κ1) is 21.4. The predicted molar refractivity (Wildman–Crippen MR) is 116 cm³/mol. The zero-order valence-electron chi connectivity index (χ0n) is 16.7. The van der Waals surface area contributed by atoms with Gasteiger partial charge in [0.25, 0.3) is 5.56 Å². The largest absolute Gasteiger partial charge is 0.394 e. The summed E-state index contributed by atoms with van der Waals surface area (Å²) in [6.45, 7) is 0.951. The van der Waals surface area contributed by atoms with Gasteiger partial charge in [0.1, 0.15) is 5.82 Å². The van der Waals surface area contributed by atoms with Crippen LogP contribution >= 0.6 is 11.6 Å². The molecule has 0 bridgehead atoms. The second kappa shape index (κ2) is 9.55. The number of aliphatic hydroxyl groups excluding tert-OH is 1. The van der Waals surface area contributed by atoms with E-state index in [0.717, 1.165) is 12.8 Å². The van der Waals surface area contributed by atoms with Gasteiger partial charge in [0.05, 0.1) is 18.3 Å². The third-order valence-electron chi connectivity index (χ3n) is 5.28. The van der Waals surface area contributed by atoms with E-state index in [1.807, 2.05) is 0 Å². The highest BCUT2D eigenvalue weighted by Crippen LogP contribution is 2.25. The summed E-state index contributed by atoms with van der Waals surface area (Å²) in [5.41, 5.74) is 0.938. The summed E-state index contributed by atoms with van der Waals surface area (Å²) in [5, 5.41) is 13.5. The van der Waals surface area contributed by atoms with Crippen LogP contribution in [0.5, 0.6) is 0 Å². The average molecular weight is 445 g/mol. The maximum atomic E-state index is 14.3. The van der Waals surface area contributed by atoms with E-state index in [4.69, 9.17) is 16.3 Å². The van der Waals surface area contributed by atoms with Crippen LogP contribution < -0.4 is 10.9 Å². The monoisotopic (exact) mass is 444 g/mol. The number of halogens is 2. The number of nitrogens with one attached hydrogen (secondary N) is 1. The molecule has 4 rings (SSSR count). The van der Waals surface area contributed by atoms with E-state index in [1.54, 1.807) is 18.3 Å². The highest BCUT2D eigenvalue weighted by atomic mass is 35.5. The van der Waals surface area contributed by atoms with Gasteiger partial charge in [-0.2, -0.15) is 0 Å². The third kappa shape index (κ3) is 4.92. The SMILES string of the molecule is O=c1cc(-c2ccnc(NC3CCOCC3)n2)ccn1C(CO)c1cc(Cl)ccc1F. The molecule has 2 N–H and O–H groups in total. The van der Waals surface area contributed by atoms with Crippen LogP contribution in [-0.2, 0) is 4.74 Å². The van der Waals surface area contributed by atoms with E-state index >= 15 is 0 Å². The minimum absolute atomic E-state index is 0.148. The van der Waals surface area contributed by atoms with E-state index in [9.17, 15) is 14.3 Å². The van der Waals surface area contributed by atoms with E-state index in [-0.39, 0.29) is 11.6 Å². The molecular formula is C22H22ClFN4O3. The van der Waals surface area contributed by atoms with E-state index in [2.05, 4.69) is 15.3 Å². The lowest BCUT2D eigenvalue weighted by Gasteiger charge is -2.23. The summed E-state index contributed by atoms with van der Waals surface area (Å²) in [6.07, 6.45) is 4.92. The normalized spacial score (nSPS) is 15.6. The first-order valence-corrected chi connectivity index (χ1v) is 10.4. The Morgan fingerprint density at radius 1 is 1.26 bits per heavy atom. The van der Waals surface area contributed by atoms with E-state index < -0.39 is 24.0 Å². The number of hydrogen-bond donors (Lipinski definition) is 2. The van der Waals surface area contributed by atoms with Crippen LogP contribution in [0.15, 0.2) is 53.6 Å². The molecule has 1 aliphatic heterocycles. The van der Waals surface area contributed by atoms with Gasteiger partial charge in [0.15, 0.2) is 0 Å². The molecule has 1 atom stereocenters. The molecule has 9 heteroatoms. The Hall–Kier alpha value is -2.81.